The first-order chi connectivity index (χ1) is 11.6. The smallest absolute Gasteiger partial charge is 0.337 e. The highest BCUT2D eigenvalue weighted by Gasteiger charge is 2.22. The Labute approximate surface area is 143 Å². The van der Waals surface area contributed by atoms with E-state index >= 15 is 0 Å². The standard InChI is InChI=1S/C18H27N3O3/c1-4-6-17(22)19-15-13-14(18(23)24-3)7-8-16(15)21-11-9-20(5-2)10-12-21/h7-8,13H,4-6,9-12H2,1-3H3,(H,19,22)/p+1. The molecule has 1 aromatic carbocycles. The van der Waals surface area contributed by atoms with Crippen LogP contribution in [0.3, 0.4) is 0 Å². The van der Waals surface area contributed by atoms with E-state index in [9.17, 15) is 9.59 Å². The highest BCUT2D eigenvalue weighted by atomic mass is 16.5. The lowest BCUT2D eigenvalue weighted by Crippen LogP contribution is -3.14. The van der Waals surface area contributed by atoms with Crippen LogP contribution in [0.5, 0.6) is 0 Å². The van der Waals surface area contributed by atoms with Gasteiger partial charge in [0.2, 0.25) is 5.91 Å². The van der Waals surface area contributed by atoms with Crippen molar-refractivity contribution in [3.8, 4) is 0 Å². The molecule has 132 valence electrons. The molecule has 0 unspecified atom stereocenters. The van der Waals surface area contributed by atoms with Crippen LogP contribution in [0, 0.1) is 0 Å². The van der Waals surface area contributed by atoms with Gasteiger partial charge in [-0.3, -0.25) is 4.79 Å². The van der Waals surface area contributed by atoms with Gasteiger partial charge in [-0.05, 0) is 31.5 Å². The molecular formula is C18H28N3O3+. The molecule has 0 spiro atoms. The Morgan fingerprint density at radius 3 is 2.54 bits per heavy atom. The van der Waals surface area contributed by atoms with Crippen LogP contribution < -0.4 is 15.1 Å². The molecule has 0 bridgehead atoms. The number of piperazine rings is 1. The first kappa shape index (κ1) is 18.3. The lowest BCUT2D eigenvalue weighted by atomic mass is 10.1. The van der Waals surface area contributed by atoms with Crippen molar-refractivity contribution in [2.75, 3.05) is 50.1 Å². The minimum atomic E-state index is -0.396. The number of quaternary nitrogens is 1. The number of rotatable bonds is 6. The maximum absolute atomic E-state index is 12.0. The molecule has 0 aromatic heterocycles. The summed E-state index contributed by atoms with van der Waals surface area (Å²) in [6.07, 6.45) is 1.26. The van der Waals surface area contributed by atoms with Crippen molar-refractivity contribution in [3.05, 3.63) is 23.8 Å². The predicted molar refractivity (Wildman–Crippen MR) is 94.8 cm³/mol. The van der Waals surface area contributed by atoms with Gasteiger partial charge in [-0.1, -0.05) is 6.92 Å². The second-order valence-electron chi connectivity index (χ2n) is 6.11. The second kappa shape index (κ2) is 8.68. The number of nitrogens with one attached hydrogen (secondary N) is 2. The Kier molecular flexibility index (Phi) is 6.61. The molecule has 0 saturated carbocycles. The molecule has 6 nitrogen and oxygen atoms in total. The highest BCUT2D eigenvalue weighted by Crippen LogP contribution is 2.28. The topological polar surface area (TPSA) is 63.1 Å². The predicted octanol–water partition coefficient (Wildman–Crippen LogP) is 0.937. The Hall–Kier alpha value is -2.08. The number of esters is 1. The van der Waals surface area contributed by atoms with Gasteiger partial charge in [0.1, 0.15) is 0 Å². The van der Waals surface area contributed by atoms with E-state index in [2.05, 4.69) is 17.1 Å². The number of benzene rings is 1. The molecule has 1 amide bonds. The van der Waals surface area contributed by atoms with E-state index < -0.39 is 5.97 Å². The van der Waals surface area contributed by atoms with Gasteiger partial charge < -0.3 is 19.9 Å². The molecule has 1 aromatic rings. The fraction of sp³-hybridized carbons (Fsp3) is 0.556. The SMILES string of the molecule is CCCC(=O)Nc1cc(C(=O)OC)ccc1N1CC[NH+](CC)CC1. The number of methoxy groups -OCH3 is 1. The van der Waals surface area contributed by atoms with Crippen molar-refractivity contribution in [2.24, 2.45) is 0 Å². The second-order valence-corrected chi connectivity index (χ2v) is 6.11. The molecule has 24 heavy (non-hydrogen) atoms. The van der Waals surface area contributed by atoms with Crippen LogP contribution in [0.4, 0.5) is 11.4 Å². The van der Waals surface area contributed by atoms with Crippen LogP contribution in [-0.4, -0.2) is 51.7 Å². The van der Waals surface area contributed by atoms with Gasteiger partial charge in [0.15, 0.2) is 0 Å². The minimum absolute atomic E-state index is 0.0291. The summed E-state index contributed by atoms with van der Waals surface area (Å²) >= 11 is 0. The normalized spacial score (nSPS) is 15.2. The van der Waals surface area contributed by atoms with Crippen LogP contribution in [0.15, 0.2) is 18.2 Å². The molecule has 0 radical (unpaired) electrons. The van der Waals surface area contributed by atoms with Crippen LogP contribution >= 0.6 is 0 Å². The first-order valence-electron chi connectivity index (χ1n) is 8.69. The molecule has 6 heteroatoms. The summed E-state index contributed by atoms with van der Waals surface area (Å²) < 4.78 is 4.79. The molecular weight excluding hydrogens is 306 g/mol. The van der Waals surface area contributed by atoms with Gasteiger partial charge >= 0.3 is 5.97 Å². The fourth-order valence-electron chi connectivity index (χ4n) is 3.01. The zero-order valence-electron chi connectivity index (χ0n) is 14.9. The lowest BCUT2D eigenvalue weighted by Gasteiger charge is -2.34. The highest BCUT2D eigenvalue weighted by molar-refractivity contribution is 5.98. The third-order valence-electron chi connectivity index (χ3n) is 4.48. The molecule has 2 N–H and O–H groups in total. The Morgan fingerprint density at radius 1 is 1.25 bits per heavy atom. The molecule has 1 saturated heterocycles. The van der Waals surface area contributed by atoms with Crippen molar-refractivity contribution < 1.29 is 19.2 Å². The Balaban J connectivity index is 2.25. The average Bonchev–Trinajstić information content (AvgIpc) is 2.61. The molecule has 0 atom stereocenters. The zero-order valence-corrected chi connectivity index (χ0v) is 14.9. The Morgan fingerprint density at radius 2 is 1.96 bits per heavy atom. The quantitative estimate of drug-likeness (QED) is 0.760. The number of ether oxygens (including phenoxy) is 1. The van der Waals surface area contributed by atoms with E-state index in [0.717, 1.165) is 44.8 Å². The van der Waals surface area contributed by atoms with Crippen LogP contribution in [0.25, 0.3) is 0 Å². The molecule has 1 heterocycles. The number of carbonyl (C=O) groups is 2. The van der Waals surface area contributed by atoms with Crippen molar-refractivity contribution in [2.45, 2.75) is 26.7 Å². The number of nitrogens with zero attached hydrogens (tertiary/aromatic N) is 1. The summed E-state index contributed by atoms with van der Waals surface area (Å²) in [5.41, 5.74) is 2.12. The van der Waals surface area contributed by atoms with E-state index in [1.54, 1.807) is 17.0 Å². The van der Waals surface area contributed by atoms with Crippen molar-refractivity contribution in [1.82, 2.24) is 0 Å². The molecule has 2 rings (SSSR count). The Bertz CT molecular complexity index is 581. The first-order valence-corrected chi connectivity index (χ1v) is 8.69. The fourth-order valence-corrected chi connectivity index (χ4v) is 3.01. The van der Waals surface area contributed by atoms with Crippen LogP contribution in [0.2, 0.25) is 0 Å². The van der Waals surface area contributed by atoms with Gasteiger partial charge in [-0.25, -0.2) is 4.79 Å². The van der Waals surface area contributed by atoms with E-state index in [4.69, 9.17) is 4.74 Å². The molecule has 1 fully saturated rings. The summed E-state index contributed by atoms with van der Waals surface area (Å²) in [6, 6.07) is 5.38. The monoisotopic (exact) mass is 334 g/mol. The van der Waals surface area contributed by atoms with Crippen LogP contribution in [0.1, 0.15) is 37.0 Å². The maximum Gasteiger partial charge on any atom is 0.337 e. The largest absolute Gasteiger partial charge is 0.465 e. The average molecular weight is 334 g/mol. The minimum Gasteiger partial charge on any atom is -0.465 e. The van der Waals surface area contributed by atoms with Crippen molar-refractivity contribution >= 4 is 23.3 Å². The molecule has 1 aliphatic rings. The summed E-state index contributed by atoms with van der Waals surface area (Å²) in [6.45, 7) is 9.35. The number of amides is 1. The van der Waals surface area contributed by atoms with Gasteiger partial charge in [-0.15, -0.1) is 0 Å². The van der Waals surface area contributed by atoms with E-state index in [1.165, 1.54) is 7.11 Å². The van der Waals surface area contributed by atoms with Gasteiger partial charge in [0, 0.05) is 6.42 Å². The number of anilines is 2. The van der Waals surface area contributed by atoms with Crippen molar-refractivity contribution in [3.63, 3.8) is 0 Å². The number of hydrogen-bond donors (Lipinski definition) is 2. The maximum atomic E-state index is 12.0. The van der Waals surface area contributed by atoms with Crippen molar-refractivity contribution in [1.29, 1.82) is 0 Å². The van der Waals surface area contributed by atoms with Gasteiger partial charge in [0.25, 0.3) is 0 Å². The lowest BCUT2D eigenvalue weighted by molar-refractivity contribution is -0.898. The third kappa shape index (κ3) is 4.47. The van der Waals surface area contributed by atoms with E-state index in [0.29, 0.717) is 17.7 Å². The number of likely N-dealkylation sites (N-methyl/N-ethyl adjacent to an activating group) is 1. The van der Waals surface area contributed by atoms with E-state index in [1.807, 2.05) is 13.0 Å². The van der Waals surface area contributed by atoms with Gasteiger partial charge in [-0.2, -0.15) is 0 Å². The number of hydrogen-bond acceptors (Lipinski definition) is 4. The third-order valence-corrected chi connectivity index (χ3v) is 4.48. The van der Waals surface area contributed by atoms with E-state index in [-0.39, 0.29) is 5.91 Å². The summed E-state index contributed by atoms with van der Waals surface area (Å²) in [5, 5.41) is 2.96. The molecule has 0 aliphatic carbocycles. The van der Waals surface area contributed by atoms with Crippen LogP contribution in [-0.2, 0) is 9.53 Å². The van der Waals surface area contributed by atoms with Gasteiger partial charge in [0.05, 0.1) is 56.8 Å². The zero-order chi connectivity index (χ0) is 17.5. The summed E-state index contributed by atoms with van der Waals surface area (Å²) in [4.78, 5) is 27.7. The summed E-state index contributed by atoms with van der Waals surface area (Å²) in [7, 11) is 1.36. The number of carbonyl (C=O) groups excluding carboxylic acids is 2. The summed E-state index contributed by atoms with van der Waals surface area (Å²) in [5.74, 6) is -0.425. The molecule has 1 aliphatic heterocycles.